The Bertz CT molecular complexity index is 659. The van der Waals surface area contributed by atoms with Crippen LogP contribution in [-0.2, 0) is 19.3 Å². The molecule has 0 aliphatic carbocycles. The molecule has 0 spiro atoms. The third-order valence-corrected chi connectivity index (χ3v) is 4.02. The van der Waals surface area contributed by atoms with Crippen molar-refractivity contribution in [3.63, 3.8) is 0 Å². The number of hydrogen-bond acceptors (Lipinski definition) is 2. The minimum Gasteiger partial charge on any atom is -0.508 e. The monoisotopic (exact) mass is 280 g/mol. The largest absolute Gasteiger partial charge is 0.508 e. The Morgan fingerprint density at radius 1 is 1.24 bits per heavy atom. The summed E-state index contributed by atoms with van der Waals surface area (Å²) in [5, 5.41) is 9.90. The van der Waals surface area contributed by atoms with Gasteiger partial charge in [0.15, 0.2) is 0 Å². The van der Waals surface area contributed by atoms with E-state index in [1.165, 1.54) is 16.7 Å². The second-order valence-electron chi connectivity index (χ2n) is 5.72. The Hall–Kier alpha value is -2.22. The quantitative estimate of drug-likeness (QED) is 0.856. The predicted octanol–water partition coefficient (Wildman–Crippen LogP) is 4.06. The summed E-state index contributed by atoms with van der Waals surface area (Å²) in [7, 11) is 0. The Labute approximate surface area is 125 Å². The third-order valence-electron chi connectivity index (χ3n) is 4.02. The summed E-state index contributed by atoms with van der Waals surface area (Å²) in [6.07, 6.45) is 2.77. The molecule has 0 saturated carbocycles. The number of aryl methyl sites for hydroxylation is 2. The van der Waals surface area contributed by atoms with Crippen LogP contribution in [0.5, 0.6) is 11.5 Å². The molecule has 0 radical (unpaired) electrons. The van der Waals surface area contributed by atoms with Gasteiger partial charge in [-0.25, -0.2) is 0 Å². The van der Waals surface area contributed by atoms with Crippen molar-refractivity contribution in [2.24, 2.45) is 0 Å². The van der Waals surface area contributed by atoms with Crippen LogP contribution in [0, 0.1) is 0 Å². The smallest absolute Gasteiger partial charge is 0.127 e. The van der Waals surface area contributed by atoms with E-state index in [9.17, 15) is 5.11 Å². The van der Waals surface area contributed by atoms with Crippen LogP contribution in [0.4, 0.5) is 0 Å². The van der Waals surface area contributed by atoms with Gasteiger partial charge >= 0.3 is 0 Å². The van der Waals surface area contributed by atoms with Gasteiger partial charge in [-0.3, -0.25) is 0 Å². The molecule has 1 N–H and O–H groups in total. The van der Waals surface area contributed by atoms with Crippen molar-refractivity contribution >= 4 is 0 Å². The lowest BCUT2D eigenvalue weighted by molar-refractivity contribution is 0.270. The average Bonchev–Trinajstić information content (AvgIpc) is 2.90. The van der Waals surface area contributed by atoms with Crippen LogP contribution in [-0.4, -0.2) is 11.2 Å². The number of benzene rings is 2. The maximum Gasteiger partial charge on any atom is 0.127 e. The minimum absolute atomic E-state index is 0.0391. The van der Waals surface area contributed by atoms with E-state index < -0.39 is 0 Å². The number of aromatic hydroxyl groups is 1. The van der Waals surface area contributed by atoms with E-state index >= 15 is 0 Å². The molecule has 1 aliphatic rings. The summed E-state index contributed by atoms with van der Waals surface area (Å²) < 4.78 is 5.88. The van der Waals surface area contributed by atoms with E-state index in [0.717, 1.165) is 30.6 Å². The summed E-state index contributed by atoms with van der Waals surface area (Å²) >= 11 is 0. The highest BCUT2D eigenvalue weighted by molar-refractivity contribution is 5.50. The highest BCUT2D eigenvalue weighted by Crippen LogP contribution is 2.37. The molecule has 108 valence electrons. The molecule has 1 atom stereocenters. The molecule has 0 bridgehead atoms. The van der Waals surface area contributed by atoms with Crippen molar-refractivity contribution < 1.29 is 9.84 Å². The first-order chi connectivity index (χ1) is 10.1. The molecule has 2 nitrogen and oxygen atoms in total. The molecule has 1 heterocycles. The first-order valence-corrected chi connectivity index (χ1v) is 7.34. The first kappa shape index (κ1) is 13.7. The summed E-state index contributed by atoms with van der Waals surface area (Å²) in [5.41, 5.74) is 4.74. The van der Waals surface area contributed by atoms with Crippen molar-refractivity contribution in [3.05, 3.63) is 71.3 Å². The Kier molecular flexibility index (Phi) is 3.70. The fraction of sp³-hybridized carbons (Fsp3) is 0.263. The van der Waals surface area contributed by atoms with Gasteiger partial charge in [0.1, 0.15) is 17.6 Å². The Morgan fingerprint density at radius 2 is 2.00 bits per heavy atom. The molecule has 0 aromatic heterocycles. The highest BCUT2D eigenvalue weighted by Gasteiger charge is 2.26. The number of ether oxygens (including phenoxy) is 1. The van der Waals surface area contributed by atoms with Crippen molar-refractivity contribution in [2.45, 2.75) is 32.3 Å². The van der Waals surface area contributed by atoms with Gasteiger partial charge in [-0.2, -0.15) is 0 Å². The normalized spacial score (nSPS) is 16.3. The second-order valence-corrected chi connectivity index (χ2v) is 5.72. The van der Waals surface area contributed by atoms with Crippen LogP contribution in [0.3, 0.4) is 0 Å². The van der Waals surface area contributed by atoms with Crippen LogP contribution in [0.25, 0.3) is 0 Å². The Morgan fingerprint density at radius 3 is 2.71 bits per heavy atom. The van der Waals surface area contributed by atoms with Gasteiger partial charge in [-0.15, -0.1) is 0 Å². The molecular formula is C19H20O2. The van der Waals surface area contributed by atoms with Gasteiger partial charge in [-0.05, 0) is 42.5 Å². The zero-order valence-corrected chi connectivity index (χ0v) is 12.3. The molecule has 1 aliphatic heterocycles. The van der Waals surface area contributed by atoms with E-state index in [-0.39, 0.29) is 11.9 Å². The van der Waals surface area contributed by atoms with Gasteiger partial charge in [0.05, 0.1) is 0 Å². The maximum atomic E-state index is 9.90. The lowest BCUT2D eigenvalue weighted by atomic mass is 9.96. The second kappa shape index (κ2) is 5.65. The van der Waals surface area contributed by atoms with E-state index in [1.807, 2.05) is 19.1 Å². The Balaban J connectivity index is 1.82. The van der Waals surface area contributed by atoms with E-state index in [4.69, 9.17) is 4.74 Å². The van der Waals surface area contributed by atoms with Crippen LogP contribution < -0.4 is 4.74 Å². The van der Waals surface area contributed by atoms with Crippen molar-refractivity contribution in [2.75, 3.05) is 0 Å². The van der Waals surface area contributed by atoms with Crippen LogP contribution in [0.1, 0.15) is 23.6 Å². The number of hydrogen-bond donors (Lipinski definition) is 1. The molecule has 0 amide bonds. The van der Waals surface area contributed by atoms with E-state index in [2.05, 4.69) is 30.8 Å². The molecule has 2 aromatic rings. The van der Waals surface area contributed by atoms with E-state index in [1.54, 1.807) is 6.07 Å². The molecule has 0 saturated heterocycles. The van der Waals surface area contributed by atoms with Gasteiger partial charge in [0, 0.05) is 18.1 Å². The highest BCUT2D eigenvalue weighted by atomic mass is 16.5. The fourth-order valence-corrected chi connectivity index (χ4v) is 2.83. The number of rotatable bonds is 4. The minimum atomic E-state index is 0.0391. The SMILES string of the molecule is C=C(C)[C@@H]1Cc2c(CCc3ccccc3)cc(O)cc2O1. The average molecular weight is 280 g/mol. The summed E-state index contributed by atoms with van der Waals surface area (Å²) in [6.45, 7) is 5.96. The summed E-state index contributed by atoms with van der Waals surface area (Å²) in [4.78, 5) is 0. The van der Waals surface area contributed by atoms with Crippen LogP contribution in [0.15, 0.2) is 54.6 Å². The lowest BCUT2D eigenvalue weighted by Crippen LogP contribution is -2.13. The van der Waals surface area contributed by atoms with Crippen LogP contribution in [0.2, 0.25) is 0 Å². The first-order valence-electron chi connectivity index (χ1n) is 7.34. The van der Waals surface area contributed by atoms with Gasteiger partial charge in [-0.1, -0.05) is 36.9 Å². The maximum absolute atomic E-state index is 9.90. The zero-order valence-electron chi connectivity index (χ0n) is 12.3. The molecule has 0 unspecified atom stereocenters. The van der Waals surface area contributed by atoms with E-state index in [0.29, 0.717) is 0 Å². The molecule has 21 heavy (non-hydrogen) atoms. The summed E-state index contributed by atoms with van der Waals surface area (Å²) in [6, 6.07) is 14.0. The lowest BCUT2D eigenvalue weighted by Gasteiger charge is -2.09. The topological polar surface area (TPSA) is 29.5 Å². The van der Waals surface area contributed by atoms with Crippen molar-refractivity contribution in [3.8, 4) is 11.5 Å². The van der Waals surface area contributed by atoms with Gasteiger partial charge < -0.3 is 9.84 Å². The number of fused-ring (bicyclic) bond motifs is 1. The third kappa shape index (κ3) is 2.94. The molecule has 2 heteroatoms. The standard InChI is InChI=1S/C19H20O2/c1-13(2)18-12-17-15(10-16(20)11-19(17)21-18)9-8-14-6-4-3-5-7-14/h3-7,10-11,18,20H,1,8-9,12H2,2H3/t18-/m0/s1. The molecular weight excluding hydrogens is 260 g/mol. The predicted molar refractivity (Wildman–Crippen MR) is 84.9 cm³/mol. The number of phenolic OH excluding ortho intramolecular Hbond substituents is 1. The van der Waals surface area contributed by atoms with Gasteiger partial charge in [0.25, 0.3) is 0 Å². The zero-order chi connectivity index (χ0) is 14.8. The number of phenols is 1. The molecule has 0 fully saturated rings. The fourth-order valence-electron chi connectivity index (χ4n) is 2.83. The summed E-state index contributed by atoms with van der Waals surface area (Å²) in [5.74, 6) is 1.09. The van der Waals surface area contributed by atoms with Crippen molar-refractivity contribution in [1.82, 2.24) is 0 Å². The molecule has 3 rings (SSSR count). The van der Waals surface area contributed by atoms with Crippen LogP contribution >= 0.6 is 0 Å². The van der Waals surface area contributed by atoms with Gasteiger partial charge in [0.2, 0.25) is 0 Å². The van der Waals surface area contributed by atoms with Crippen molar-refractivity contribution in [1.29, 1.82) is 0 Å². The molecule has 2 aromatic carbocycles.